The zero-order valence-corrected chi connectivity index (χ0v) is 15.6. The molecule has 0 saturated carbocycles. The summed E-state index contributed by atoms with van der Waals surface area (Å²) in [5.41, 5.74) is -0.416. The Morgan fingerprint density at radius 1 is 1.26 bits per heavy atom. The van der Waals surface area contributed by atoms with Gasteiger partial charge in [0.2, 0.25) is 0 Å². The largest absolute Gasteiger partial charge is 0.444 e. The van der Waals surface area contributed by atoms with Gasteiger partial charge >= 0.3 is 6.09 Å². The molecule has 3 atom stereocenters. The number of piperidine rings is 1. The number of hydrogen-bond acceptors (Lipinski definition) is 4. The van der Waals surface area contributed by atoms with Gasteiger partial charge in [-0.05, 0) is 72.9 Å². The molecule has 2 aliphatic rings. The minimum Gasteiger partial charge on any atom is -0.444 e. The lowest BCUT2D eigenvalue weighted by Gasteiger charge is -2.37. The van der Waals surface area contributed by atoms with Crippen molar-refractivity contribution < 1.29 is 9.53 Å². The molecule has 0 aromatic carbocycles. The van der Waals surface area contributed by atoms with Crippen LogP contribution in [-0.2, 0) is 4.74 Å². The summed E-state index contributed by atoms with van der Waals surface area (Å²) >= 11 is 0. The van der Waals surface area contributed by atoms with Gasteiger partial charge in [0.15, 0.2) is 0 Å². The van der Waals surface area contributed by atoms with E-state index < -0.39 is 5.60 Å². The SMILES string of the molecule is CC(NCC1CCCN1C)C1CCCN(C(=O)OC(C)(C)C)C1. The summed E-state index contributed by atoms with van der Waals surface area (Å²) in [6, 6.07) is 1.11. The second-order valence-corrected chi connectivity index (χ2v) is 8.30. The Morgan fingerprint density at radius 3 is 2.57 bits per heavy atom. The van der Waals surface area contributed by atoms with Gasteiger partial charge in [0.1, 0.15) is 5.60 Å². The van der Waals surface area contributed by atoms with Gasteiger partial charge in [0.05, 0.1) is 0 Å². The van der Waals surface area contributed by atoms with E-state index in [2.05, 4.69) is 24.2 Å². The van der Waals surface area contributed by atoms with Crippen molar-refractivity contribution in [1.29, 1.82) is 0 Å². The maximum atomic E-state index is 12.3. The fourth-order valence-corrected chi connectivity index (χ4v) is 3.64. The van der Waals surface area contributed by atoms with Crippen molar-refractivity contribution in [2.24, 2.45) is 5.92 Å². The molecule has 0 spiro atoms. The van der Waals surface area contributed by atoms with E-state index in [9.17, 15) is 4.79 Å². The van der Waals surface area contributed by atoms with E-state index in [0.29, 0.717) is 18.0 Å². The maximum Gasteiger partial charge on any atom is 0.410 e. The van der Waals surface area contributed by atoms with Crippen LogP contribution >= 0.6 is 0 Å². The second kappa shape index (κ2) is 7.84. The lowest BCUT2D eigenvalue weighted by atomic mass is 9.91. The van der Waals surface area contributed by atoms with Crippen LogP contribution in [0, 0.1) is 5.92 Å². The summed E-state index contributed by atoms with van der Waals surface area (Å²) in [5, 5.41) is 3.71. The first-order chi connectivity index (χ1) is 10.8. The van der Waals surface area contributed by atoms with E-state index in [4.69, 9.17) is 4.74 Å². The number of hydrogen-bond donors (Lipinski definition) is 1. The molecule has 5 heteroatoms. The molecule has 2 rings (SSSR count). The van der Waals surface area contributed by atoms with Gasteiger partial charge in [-0.15, -0.1) is 0 Å². The highest BCUT2D eigenvalue weighted by Crippen LogP contribution is 2.22. The Balaban J connectivity index is 1.79. The molecule has 0 aliphatic carbocycles. The molecule has 5 nitrogen and oxygen atoms in total. The quantitative estimate of drug-likeness (QED) is 0.863. The normalized spacial score (nSPS) is 28.0. The number of carbonyl (C=O) groups excluding carboxylic acids is 1. The summed E-state index contributed by atoms with van der Waals surface area (Å²) < 4.78 is 5.52. The maximum absolute atomic E-state index is 12.3. The Morgan fingerprint density at radius 2 is 1.96 bits per heavy atom. The van der Waals surface area contributed by atoms with Gasteiger partial charge in [-0.3, -0.25) is 0 Å². The number of ether oxygens (including phenoxy) is 1. The molecule has 0 radical (unpaired) electrons. The van der Waals surface area contributed by atoms with Gasteiger partial charge in [0.25, 0.3) is 0 Å². The van der Waals surface area contributed by atoms with Gasteiger partial charge in [-0.25, -0.2) is 4.79 Å². The van der Waals surface area contributed by atoms with E-state index in [1.807, 2.05) is 25.7 Å². The van der Waals surface area contributed by atoms with Crippen molar-refractivity contribution in [3.63, 3.8) is 0 Å². The number of rotatable bonds is 4. The van der Waals surface area contributed by atoms with Gasteiger partial charge < -0.3 is 19.9 Å². The molecule has 1 N–H and O–H groups in total. The van der Waals surface area contributed by atoms with Crippen LogP contribution in [-0.4, -0.2) is 66.8 Å². The number of likely N-dealkylation sites (tertiary alicyclic amines) is 2. The lowest BCUT2D eigenvalue weighted by Crippen LogP contribution is -2.49. The number of nitrogens with zero attached hydrogens (tertiary/aromatic N) is 2. The molecule has 0 aromatic rings. The van der Waals surface area contributed by atoms with E-state index in [1.165, 1.54) is 25.8 Å². The third-order valence-electron chi connectivity index (χ3n) is 5.16. The van der Waals surface area contributed by atoms with Crippen LogP contribution in [0.1, 0.15) is 53.4 Å². The van der Waals surface area contributed by atoms with E-state index in [0.717, 1.165) is 26.1 Å². The molecule has 0 bridgehead atoms. The fourth-order valence-electron chi connectivity index (χ4n) is 3.64. The summed E-state index contributed by atoms with van der Waals surface area (Å²) in [5.74, 6) is 0.517. The predicted molar refractivity (Wildman–Crippen MR) is 93.6 cm³/mol. The summed E-state index contributed by atoms with van der Waals surface area (Å²) in [6.45, 7) is 11.9. The van der Waals surface area contributed by atoms with Crippen LogP contribution in [0.3, 0.4) is 0 Å². The monoisotopic (exact) mass is 325 g/mol. The van der Waals surface area contributed by atoms with Crippen LogP contribution in [0.15, 0.2) is 0 Å². The lowest BCUT2D eigenvalue weighted by molar-refractivity contribution is 0.0147. The van der Waals surface area contributed by atoms with Crippen molar-refractivity contribution in [2.45, 2.75) is 71.1 Å². The third-order valence-corrected chi connectivity index (χ3v) is 5.16. The Labute approximate surface area is 141 Å². The van der Waals surface area contributed by atoms with E-state index in [1.54, 1.807) is 0 Å². The van der Waals surface area contributed by atoms with Crippen LogP contribution in [0.25, 0.3) is 0 Å². The van der Waals surface area contributed by atoms with Crippen molar-refractivity contribution in [3.8, 4) is 0 Å². The third kappa shape index (κ3) is 5.64. The van der Waals surface area contributed by atoms with Crippen molar-refractivity contribution >= 4 is 6.09 Å². The van der Waals surface area contributed by atoms with Gasteiger partial charge in [-0.2, -0.15) is 0 Å². The van der Waals surface area contributed by atoms with E-state index in [-0.39, 0.29) is 6.09 Å². The summed E-state index contributed by atoms with van der Waals surface area (Å²) in [4.78, 5) is 16.6. The number of nitrogens with one attached hydrogen (secondary N) is 1. The number of carbonyl (C=O) groups is 1. The van der Waals surface area contributed by atoms with E-state index >= 15 is 0 Å². The molecule has 3 unspecified atom stereocenters. The van der Waals surface area contributed by atoms with Crippen LogP contribution in [0.5, 0.6) is 0 Å². The molecular formula is C18H35N3O2. The zero-order chi connectivity index (χ0) is 17.0. The van der Waals surface area contributed by atoms with Crippen molar-refractivity contribution in [3.05, 3.63) is 0 Å². The Kier molecular flexibility index (Phi) is 6.32. The number of likely N-dealkylation sites (N-methyl/N-ethyl adjacent to an activating group) is 1. The predicted octanol–water partition coefficient (Wildman–Crippen LogP) is 2.71. The minimum atomic E-state index is -0.416. The highest BCUT2D eigenvalue weighted by molar-refractivity contribution is 5.68. The first-order valence-corrected chi connectivity index (χ1v) is 9.18. The first kappa shape index (κ1) is 18.5. The standard InChI is InChI=1S/C18H35N3O2/c1-14(19-12-16-9-7-10-20(16)5)15-8-6-11-21(13-15)17(22)23-18(2,3)4/h14-16,19H,6-13H2,1-5H3. The molecule has 2 saturated heterocycles. The molecule has 0 aromatic heterocycles. The zero-order valence-electron chi connectivity index (χ0n) is 15.6. The average Bonchev–Trinajstić information content (AvgIpc) is 2.88. The first-order valence-electron chi connectivity index (χ1n) is 9.18. The molecule has 2 aliphatic heterocycles. The van der Waals surface area contributed by atoms with Gasteiger partial charge in [0, 0.05) is 31.7 Å². The topological polar surface area (TPSA) is 44.8 Å². The highest BCUT2D eigenvalue weighted by atomic mass is 16.6. The van der Waals surface area contributed by atoms with Crippen molar-refractivity contribution in [2.75, 3.05) is 33.2 Å². The number of amides is 1. The molecule has 23 heavy (non-hydrogen) atoms. The van der Waals surface area contributed by atoms with Crippen molar-refractivity contribution in [1.82, 2.24) is 15.1 Å². The Hall–Kier alpha value is -0.810. The summed E-state index contributed by atoms with van der Waals surface area (Å²) in [7, 11) is 2.22. The minimum absolute atomic E-state index is 0.162. The highest BCUT2D eigenvalue weighted by Gasteiger charge is 2.30. The fraction of sp³-hybridized carbons (Fsp3) is 0.944. The molecule has 134 valence electrons. The van der Waals surface area contributed by atoms with Crippen LogP contribution in [0.2, 0.25) is 0 Å². The molecule has 1 amide bonds. The molecular weight excluding hydrogens is 290 g/mol. The van der Waals surface area contributed by atoms with Crippen LogP contribution in [0.4, 0.5) is 4.79 Å². The Bertz CT molecular complexity index is 394. The summed E-state index contributed by atoms with van der Waals surface area (Å²) in [6.07, 6.45) is 4.70. The smallest absolute Gasteiger partial charge is 0.410 e. The average molecular weight is 325 g/mol. The molecule has 2 fully saturated rings. The molecule has 2 heterocycles. The van der Waals surface area contributed by atoms with Gasteiger partial charge in [-0.1, -0.05) is 0 Å². The second-order valence-electron chi connectivity index (χ2n) is 8.30. The van der Waals surface area contributed by atoms with Crippen LogP contribution < -0.4 is 5.32 Å².